The molecular formula is C19H16N2O2. The molecule has 0 atom stereocenters. The van der Waals surface area contributed by atoms with Gasteiger partial charge in [-0.25, -0.2) is 0 Å². The summed E-state index contributed by atoms with van der Waals surface area (Å²) in [4.78, 5) is 12.7. The molecule has 0 unspecified atom stereocenters. The first-order valence-electron chi connectivity index (χ1n) is 7.52. The molecule has 4 heteroatoms. The Bertz CT molecular complexity index is 886. The molecule has 0 saturated carbocycles. The zero-order chi connectivity index (χ0) is 16.2. The van der Waals surface area contributed by atoms with E-state index in [-0.39, 0.29) is 5.91 Å². The molecule has 23 heavy (non-hydrogen) atoms. The van der Waals surface area contributed by atoms with Crippen molar-refractivity contribution in [3.05, 3.63) is 65.9 Å². The summed E-state index contributed by atoms with van der Waals surface area (Å²) in [6, 6.07) is 16.6. The lowest BCUT2D eigenvalue weighted by Gasteiger charge is -2.07. The number of carbonyl (C=O) groups is 1. The summed E-state index contributed by atoms with van der Waals surface area (Å²) >= 11 is 0. The van der Waals surface area contributed by atoms with Crippen molar-refractivity contribution in [1.82, 2.24) is 4.57 Å². The van der Waals surface area contributed by atoms with Gasteiger partial charge in [0.2, 0.25) is 0 Å². The molecule has 114 valence electrons. The van der Waals surface area contributed by atoms with Gasteiger partial charge in [0.1, 0.15) is 11.8 Å². The van der Waals surface area contributed by atoms with Gasteiger partial charge in [-0.2, -0.15) is 5.26 Å². The molecular weight excluding hydrogens is 288 g/mol. The Kier molecular flexibility index (Phi) is 4.11. The average molecular weight is 304 g/mol. The number of hydrogen-bond donors (Lipinski definition) is 0. The van der Waals surface area contributed by atoms with Gasteiger partial charge in [0.25, 0.3) is 5.91 Å². The highest BCUT2D eigenvalue weighted by Crippen LogP contribution is 2.22. The minimum Gasteiger partial charge on any atom is -0.494 e. The third-order valence-electron chi connectivity index (χ3n) is 3.63. The molecule has 0 aliphatic heterocycles. The van der Waals surface area contributed by atoms with Gasteiger partial charge in [0.15, 0.2) is 0 Å². The van der Waals surface area contributed by atoms with Gasteiger partial charge < -0.3 is 4.74 Å². The van der Waals surface area contributed by atoms with Crippen LogP contribution in [0.5, 0.6) is 5.75 Å². The van der Waals surface area contributed by atoms with Crippen molar-refractivity contribution >= 4 is 16.8 Å². The monoisotopic (exact) mass is 304 g/mol. The zero-order valence-electron chi connectivity index (χ0n) is 12.8. The predicted octanol–water partition coefficient (Wildman–Crippen LogP) is 3.99. The Hall–Kier alpha value is -3.06. The smallest absolute Gasteiger partial charge is 0.262 e. The minimum absolute atomic E-state index is 0.162. The van der Waals surface area contributed by atoms with E-state index in [0.717, 1.165) is 23.1 Å². The molecule has 0 amide bonds. The molecule has 4 nitrogen and oxygen atoms in total. The lowest BCUT2D eigenvalue weighted by atomic mass is 10.2. The highest BCUT2D eigenvalue weighted by Gasteiger charge is 2.14. The van der Waals surface area contributed by atoms with Gasteiger partial charge in [0, 0.05) is 17.1 Å². The molecule has 0 bridgehead atoms. The molecule has 1 aromatic heterocycles. The first kappa shape index (κ1) is 14.9. The topological polar surface area (TPSA) is 55.0 Å². The van der Waals surface area contributed by atoms with Crippen LogP contribution in [0.1, 0.15) is 29.3 Å². The Labute approximate surface area is 134 Å². The summed E-state index contributed by atoms with van der Waals surface area (Å²) in [6.07, 6.45) is 2.53. The van der Waals surface area contributed by atoms with Crippen LogP contribution in [-0.2, 0) is 0 Å². The minimum atomic E-state index is -0.162. The Morgan fingerprint density at radius 3 is 2.61 bits per heavy atom. The van der Waals surface area contributed by atoms with E-state index in [2.05, 4.69) is 6.07 Å². The van der Waals surface area contributed by atoms with Crippen molar-refractivity contribution in [3.8, 4) is 11.8 Å². The van der Waals surface area contributed by atoms with Crippen molar-refractivity contribution in [2.75, 3.05) is 6.61 Å². The molecule has 0 radical (unpaired) electrons. The van der Waals surface area contributed by atoms with Crippen molar-refractivity contribution in [3.63, 3.8) is 0 Å². The average Bonchev–Trinajstić information content (AvgIpc) is 2.98. The van der Waals surface area contributed by atoms with Crippen molar-refractivity contribution in [2.24, 2.45) is 0 Å². The number of aromatic nitrogens is 1. The van der Waals surface area contributed by atoms with Crippen molar-refractivity contribution in [2.45, 2.75) is 13.3 Å². The number of benzene rings is 2. The van der Waals surface area contributed by atoms with E-state index in [9.17, 15) is 10.1 Å². The maximum Gasteiger partial charge on any atom is 0.262 e. The Morgan fingerprint density at radius 2 is 1.91 bits per heavy atom. The maximum atomic E-state index is 12.7. The van der Waals surface area contributed by atoms with Crippen LogP contribution in [0.4, 0.5) is 0 Å². The number of fused-ring (bicyclic) bond motifs is 1. The van der Waals surface area contributed by atoms with Gasteiger partial charge in [-0.3, -0.25) is 9.36 Å². The quantitative estimate of drug-likeness (QED) is 0.732. The van der Waals surface area contributed by atoms with E-state index in [1.165, 1.54) is 4.57 Å². The second kappa shape index (κ2) is 6.37. The van der Waals surface area contributed by atoms with E-state index in [1.807, 2.05) is 31.2 Å². The molecule has 3 rings (SSSR count). The second-order valence-electron chi connectivity index (χ2n) is 5.22. The summed E-state index contributed by atoms with van der Waals surface area (Å²) < 4.78 is 7.05. The van der Waals surface area contributed by atoms with Crippen LogP contribution < -0.4 is 4.74 Å². The van der Waals surface area contributed by atoms with Crippen LogP contribution in [-0.4, -0.2) is 17.1 Å². The second-order valence-corrected chi connectivity index (χ2v) is 5.22. The highest BCUT2D eigenvalue weighted by molar-refractivity contribution is 6.03. The van der Waals surface area contributed by atoms with Gasteiger partial charge in [-0.05, 0) is 36.8 Å². The normalized spacial score (nSPS) is 10.4. The fraction of sp³-hybridized carbons (Fsp3) is 0.158. The van der Waals surface area contributed by atoms with Gasteiger partial charge in [-0.1, -0.05) is 25.1 Å². The van der Waals surface area contributed by atoms with Crippen LogP contribution in [0.15, 0.2) is 54.7 Å². The summed E-state index contributed by atoms with van der Waals surface area (Å²) in [7, 11) is 0. The largest absolute Gasteiger partial charge is 0.494 e. The van der Waals surface area contributed by atoms with E-state index in [1.54, 1.807) is 30.5 Å². The molecule has 2 aromatic carbocycles. The zero-order valence-corrected chi connectivity index (χ0v) is 12.8. The number of carbonyl (C=O) groups excluding carboxylic acids is 1. The fourth-order valence-corrected chi connectivity index (χ4v) is 2.49. The lowest BCUT2D eigenvalue weighted by molar-refractivity contribution is 0.0965. The number of ether oxygens (including phenoxy) is 1. The first-order chi connectivity index (χ1) is 11.2. The number of hydrogen-bond acceptors (Lipinski definition) is 3. The van der Waals surface area contributed by atoms with Gasteiger partial charge in [0.05, 0.1) is 17.7 Å². The Balaban J connectivity index is 1.96. The van der Waals surface area contributed by atoms with Crippen molar-refractivity contribution in [1.29, 1.82) is 5.26 Å². The van der Waals surface area contributed by atoms with Crippen LogP contribution in [0.25, 0.3) is 10.9 Å². The van der Waals surface area contributed by atoms with E-state index >= 15 is 0 Å². The predicted molar refractivity (Wildman–Crippen MR) is 88.6 cm³/mol. The SMILES string of the molecule is CCCOc1ccc(C(=O)n2cc(C#N)c3ccccc32)cc1. The molecule has 1 heterocycles. The van der Waals surface area contributed by atoms with E-state index in [4.69, 9.17) is 4.74 Å². The fourth-order valence-electron chi connectivity index (χ4n) is 2.49. The molecule has 0 fully saturated rings. The summed E-state index contributed by atoms with van der Waals surface area (Å²) in [6.45, 7) is 2.70. The first-order valence-corrected chi connectivity index (χ1v) is 7.52. The molecule has 0 aliphatic carbocycles. The van der Waals surface area contributed by atoms with Crippen LogP contribution >= 0.6 is 0 Å². The standard InChI is InChI=1S/C19H16N2O2/c1-2-11-23-16-9-7-14(8-10-16)19(22)21-13-15(12-20)17-5-3-4-6-18(17)21/h3-10,13H,2,11H2,1H3. The third-order valence-corrected chi connectivity index (χ3v) is 3.63. The van der Waals surface area contributed by atoms with E-state index < -0.39 is 0 Å². The summed E-state index contributed by atoms with van der Waals surface area (Å²) in [5, 5.41) is 10.0. The van der Waals surface area contributed by atoms with Crippen LogP contribution in [0.3, 0.4) is 0 Å². The molecule has 0 aliphatic rings. The van der Waals surface area contributed by atoms with Crippen LogP contribution in [0, 0.1) is 11.3 Å². The highest BCUT2D eigenvalue weighted by atomic mass is 16.5. The third kappa shape index (κ3) is 2.82. The summed E-state index contributed by atoms with van der Waals surface area (Å²) in [5.41, 5.74) is 1.79. The van der Waals surface area contributed by atoms with Crippen LogP contribution in [0.2, 0.25) is 0 Å². The molecule has 0 N–H and O–H groups in total. The lowest BCUT2D eigenvalue weighted by Crippen LogP contribution is -2.10. The summed E-state index contributed by atoms with van der Waals surface area (Å²) in [5.74, 6) is 0.586. The Morgan fingerprint density at radius 1 is 1.17 bits per heavy atom. The molecule has 0 spiro atoms. The van der Waals surface area contributed by atoms with Gasteiger partial charge >= 0.3 is 0 Å². The molecule has 3 aromatic rings. The number of nitrogens with zero attached hydrogens (tertiary/aromatic N) is 2. The van der Waals surface area contributed by atoms with Crippen molar-refractivity contribution < 1.29 is 9.53 Å². The van der Waals surface area contributed by atoms with E-state index in [0.29, 0.717) is 17.7 Å². The number of nitriles is 1. The van der Waals surface area contributed by atoms with Gasteiger partial charge in [-0.15, -0.1) is 0 Å². The number of rotatable bonds is 4. The maximum absolute atomic E-state index is 12.7. The number of para-hydroxylation sites is 1. The molecule has 0 saturated heterocycles.